The van der Waals surface area contributed by atoms with Gasteiger partial charge in [0.15, 0.2) is 5.82 Å². The number of carbonyl (C=O) groups excluding carboxylic acids is 1. The van der Waals surface area contributed by atoms with E-state index in [2.05, 4.69) is 31.1 Å². The molecule has 0 bridgehead atoms. The molecule has 0 unspecified atom stereocenters. The van der Waals surface area contributed by atoms with Crippen LogP contribution in [0.25, 0.3) is 0 Å². The highest BCUT2D eigenvalue weighted by atomic mass is 19.4. The van der Waals surface area contributed by atoms with E-state index in [1.165, 1.54) is 12.1 Å². The maximum Gasteiger partial charge on any atom is 0.417 e. The van der Waals surface area contributed by atoms with E-state index in [0.717, 1.165) is 17.8 Å². The Hall–Kier alpha value is -3.69. The van der Waals surface area contributed by atoms with Gasteiger partial charge in [0.25, 0.3) is 5.91 Å². The zero-order chi connectivity index (χ0) is 20.7. The molecular formula is C19H17F3N6O. The second-order valence-corrected chi connectivity index (χ2v) is 5.89. The molecule has 0 atom stereocenters. The third kappa shape index (κ3) is 5.64. The summed E-state index contributed by atoms with van der Waals surface area (Å²) in [5.41, 5.74) is -0.559. The molecule has 0 radical (unpaired) electrons. The van der Waals surface area contributed by atoms with E-state index in [0.29, 0.717) is 11.6 Å². The van der Waals surface area contributed by atoms with Gasteiger partial charge in [-0.1, -0.05) is 12.1 Å². The zero-order valence-corrected chi connectivity index (χ0v) is 15.1. The minimum atomic E-state index is -4.59. The molecule has 0 aliphatic heterocycles. The number of hydrogen-bond acceptors (Lipinski definition) is 6. The number of anilines is 3. The molecule has 1 amide bonds. The number of nitrogens with zero attached hydrogens (tertiary/aromatic N) is 3. The Labute approximate surface area is 164 Å². The normalized spacial score (nSPS) is 11.0. The Kier molecular flexibility index (Phi) is 6.22. The number of nitrogens with one attached hydrogen (secondary N) is 3. The molecule has 0 saturated heterocycles. The van der Waals surface area contributed by atoms with Crippen molar-refractivity contribution in [3.8, 4) is 0 Å². The number of alkyl halides is 3. The molecule has 2 heterocycles. The fourth-order valence-electron chi connectivity index (χ4n) is 2.47. The Morgan fingerprint density at radius 1 is 0.897 bits per heavy atom. The van der Waals surface area contributed by atoms with E-state index in [1.54, 1.807) is 36.7 Å². The van der Waals surface area contributed by atoms with E-state index in [4.69, 9.17) is 0 Å². The summed E-state index contributed by atoms with van der Waals surface area (Å²) >= 11 is 0. The highest BCUT2D eigenvalue weighted by molar-refractivity contribution is 5.95. The second kappa shape index (κ2) is 9.00. The molecule has 3 N–H and O–H groups in total. The highest BCUT2D eigenvalue weighted by Gasteiger charge is 2.34. The highest BCUT2D eigenvalue weighted by Crippen LogP contribution is 2.31. The molecule has 3 aromatic rings. The molecule has 2 aromatic heterocycles. The number of pyridine rings is 1. The first-order valence-corrected chi connectivity index (χ1v) is 8.62. The Bertz CT molecular complexity index is 948. The SMILES string of the molecule is O=C(NCCNc1ccc(Nc2ccncc2)nn1)c1ccccc1C(F)(F)F. The van der Waals surface area contributed by atoms with E-state index in [-0.39, 0.29) is 13.1 Å². The zero-order valence-electron chi connectivity index (χ0n) is 15.1. The van der Waals surface area contributed by atoms with Crippen LogP contribution in [-0.2, 0) is 6.18 Å². The summed E-state index contributed by atoms with van der Waals surface area (Å²) in [6, 6.07) is 11.6. The molecule has 1 aromatic carbocycles. The third-order valence-electron chi connectivity index (χ3n) is 3.81. The maximum absolute atomic E-state index is 13.0. The smallest absolute Gasteiger partial charge is 0.367 e. The lowest BCUT2D eigenvalue weighted by Gasteiger charge is -2.13. The molecular weight excluding hydrogens is 385 g/mol. The van der Waals surface area contributed by atoms with Crippen LogP contribution >= 0.6 is 0 Å². The molecule has 0 saturated carbocycles. The Morgan fingerprint density at radius 3 is 2.28 bits per heavy atom. The number of amides is 1. The van der Waals surface area contributed by atoms with Gasteiger partial charge < -0.3 is 16.0 Å². The van der Waals surface area contributed by atoms with Gasteiger partial charge in [0.05, 0.1) is 11.1 Å². The van der Waals surface area contributed by atoms with Gasteiger partial charge in [-0.3, -0.25) is 9.78 Å². The van der Waals surface area contributed by atoms with E-state index >= 15 is 0 Å². The number of carbonyl (C=O) groups is 1. The summed E-state index contributed by atoms with van der Waals surface area (Å²) in [7, 11) is 0. The topological polar surface area (TPSA) is 91.8 Å². The number of rotatable bonds is 7. The standard InChI is InChI=1S/C19H17F3N6O/c20-19(21,22)15-4-2-1-3-14(15)18(29)25-12-11-24-16-5-6-17(28-27-16)26-13-7-9-23-10-8-13/h1-10H,11-12H2,(H,24,27)(H,25,29)(H,23,26,28). The van der Waals surface area contributed by atoms with Crippen LogP contribution in [0.4, 0.5) is 30.5 Å². The van der Waals surface area contributed by atoms with Gasteiger partial charge in [-0.05, 0) is 36.4 Å². The van der Waals surface area contributed by atoms with Gasteiger partial charge in [-0.2, -0.15) is 13.2 Å². The molecule has 0 aliphatic rings. The second-order valence-electron chi connectivity index (χ2n) is 5.89. The van der Waals surface area contributed by atoms with Gasteiger partial charge in [0.2, 0.25) is 0 Å². The minimum absolute atomic E-state index is 0.115. The first kappa shape index (κ1) is 20.1. The van der Waals surface area contributed by atoms with Crippen LogP contribution in [0.3, 0.4) is 0 Å². The molecule has 3 rings (SSSR count). The van der Waals surface area contributed by atoms with Crippen molar-refractivity contribution in [2.45, 2.75) is 6.18 Å². The predicted octanol–water partition coefficient (Wildman–Crippen LogP) is 3.48. The molecule has 7 nitrogen and oxygen atoms in total. The molecule has 0 spiro atoms. The third-order valence-corrected chi connectivity index (χ3v) is 3.81. The average Bonchev–Trinajstić information content (AvgIpc) is 2.72. The molecule has 29 heavy (non-hydrogen) atoms. The van der Waals surface area contributed by atoms with Crippen LogP contribution < -0.4 is 16.0 Å². The minimum Gasteiger partial charge on any atom is -0.367 e. The lowest BCUT2D eigenvalue weighted by atomic mass is 10.1. The average molecular weight is 402 g/mol. The van der Waals surface area contributed by atoms with Gasteiger partial charge in [-0.25, -0.2) is 0 Å². The number of hydrogen-bond donors (Lipinski definition) is 3. The van der Waals surface area contributed by atoms with Crippen molar-refractivity contribution in [1.29, 1.82) is 0 Å². The molecule has 10 heteroatoms. The summed E-state index contributed by atoms with van der Waals surface area (Å²) < 4.78 is 38.9. The number of benzene rings is 1. The van der Waals surface area contributed by atoms with Crippen molar-refractivity contribution in [2.24, 2.45) is 0 Å². The quantitative estimate of drug-likeness (QED) is 0.524. The first-order chi connectivity index (χ1) is 13.9. The van der Waals surface area contributed by atoms with E-state index < -0.39 is 23.2 Å². The van der Waals surface area contributed by atoms with Crippen molar-refractivity contribution in [3.63, 3.8) is 0 Å². The van der Waals surface area contributed by atoms with Crippen LogP contribution in [0.5, 0.6) is 0 Å². The van der Waals surface area contributed by atoms with E-state index in [1.807, 2.05) is 0 Å². The summed E-state index contributed by atoms with van der Waals surface area (Å²) in [5, 5.41) is 16.5. The van der Waals surface area contributed by atoms with E-state index in [9.17, 15) is 18.0 Å². The lowest BCUT2D eigenvalue weighted by Crippen LogP contribution is -2.30. The van der Waals surface area contributed by atoms with Gasteiger partial charge in [0, 0.05) is 31.2 Å². The van der Waals surface area contributed by atoms with Crippen molar-refractivity contribution in [2.75, 3.05) is 23.7 Å². The Balaban J connectivity index is 1.48. The van der Waals surface area contributed by atoms with Crippen LogP contribution in [0.15, 0.2) is 60.9 Å². The number of halogens is 3. The van der Waals surface area contributed by atoms with Crippen LogP contribution in [0.1, 0.15) is 15.9 Å². The molecule has 0 aliphatic carbocycles. The molecule has 150 valence electrons. The van der Waals surface area contributed by atoms with Crippen molar-refractivity contribution in [1.82, 2.24) is 20.5 Å². The van der Waals surface area contributed by atoms with Gasteiger partial charge >= 0.3 is 6.18 Å². The van der Waals surface area contributed by atoms with Gasteiger partial charge in [-0.15, -0.1) is 10.2 Å². The van der Waals surface area contributed by atoms with Crippen LogP contribution in [0.2, 0.25) is 0 Å². The fourth-order valence-corrected chi connectivity index (χ4v) is 2.47. The van der Waals surface area contributed by atoms with Crippen molar-refractivity contribution >= 4 is 23.2 Å². The monoisotopic (exact) mass is 402 g/mol. The van der Waals surface area contributed by atoms with Crippen molar-refractivity contribution in [3.05, 3.63) is 72.1 Å². The summed E-state index contributed by atoms with van der Waals surface area (Å²) in [5.74, 6) is 0.219. The molecule has 0 fully saturated rings. The first-order valence-electron chi connectivity index (χ1n) is 8.62. The van der Waals surface area contributed by atoms with Crippen molar-refractivity contribution < 1.29 is 18.0 Å². The summed E-state index contributed by atoms with van der Waals surface area (Å²) in [6.45, 7) is 0.384. The van der Waals surface area contributed by atoms with Crippen LogP contribution in [0, 0.1) is 0 Å². The largest absolute Gasteiger partial charge is 0.417 e. The summed E-state index contributed by atoms with van der Waals surface area (Å²) in [4.78, 5) is 16.0. The maximum atomic E-state index is 13.0. The van der Waals surface area contributed by atoms with Crippen LogP contribution in [-0.4, -0.2) is 34.2 Å². The number of aromatic nitrogens is 3. The lowest BCUT2D eigenvalue weighted by molar-refractivity contribution is -0.137. The fraction of sp³-hybridized carbons (Fsp3) is 0.158. The Morgan fingerprint density at radius 2 is 1.59 bits per heavy atom. The predicted molar refractivity (Wildman–Crippen MR) is 102 cm³/mol. The van der Waals surface area contributed by atoms with Gasteiger partial charge in [0.1, 0.15) is 5.82 Å². The summed E-state index contributed by atoms with van der Waals surface area (Å²) in [6.07, 6.45) is -1.30.